The third kappa shape index (κ3) is 4.87. The molecule has 0 atom stereocenters. The van der Waals surface area contributed by atoms with Gasteiger partial charge in [0.1, 0.15) is 0 Å². The summed E-state index contributed by atoms with van der Waals surface area (Å²) in [6, 6.07) is 3.66. The minimum atomic E-state index is -0.627. The molecular formula is C11H13ClN4O4S. The van der Waals surface area contributed by atoms with E-state index in [0.717, 1.165) is 30.7 Å². The van der Waals surface area contributed by atoms with Crippen molar-refractivity contribution in [1.82, 2.24) is 5.32 Å². The minimum Gasteiger partial charge on any atom is -0.365 e. The fourth-order valence-electron chi connectivity index (χ4n) is 1.71. The van der Waals surface area contributed by atoms with Crippen molar-refractivity contribution < 1.29 is 9.85 Å². The predicted molar refractivity (Wildman–Crippen MR) is 83.2 cm³/mol. The highest BCUT2D eigenvalue weighted by molar-refractivity contribution is 8.13. The number of nitro groups is 2. The SMILES string of the molecule is Cl.O=[N+]([O-])c1cc(CSC2=NCCCN2)cc([N+](=O)[O-])c1. The largest absolute Gasteiger partial charge is 0.365 e. The summed E-state index contributed by atoms with van der Waals surface area (Å²) in [7, 11) is 0. The Morgan fingerprint density at radius 1 is 1.19 bits per heavy atom. The molecule has 0 fully saturated rings. The number of nitro benzene ring substituents is 2. The molecule has 0 spiro atoms. The number of hydrogen-bond donors (Lipinski definition) is 1. The van der Waals surface area contributed by atoms with Crippen molar-refractivity contribution in [3.63, 3.8) is 0 Å². The van der Waals surface area contributed by atoms with E-state index < -0.39 is 9.85 Å². The number of nitrogens with one attached hydrogen (secondary N) is 1. The van der Waals surface area contributed by atoms with E-state index >= 15 is 0 Å². The van der Waals surface area contributed by atoms with Gasteiger partial charge in [0.2, 0.25) is 0 Å². The van der Waals surface area contributed by atoms with Gasteiger partial charge in [0.05, 0.1) is 15.9 Å². The van der Waals surface area contributed by atoms with Gasteiger partial charge in [-0.2, -0.15) is 0 Å². The number of amidine groups is 1. The van der Waals surface area contributed by atoms with Crippen LogP contribution in [-0.4, -0.2) is 28.1 Å². The maximum absolute atomic E-state index is 10.8. The van der Waals surface area contributed by atoms with Gasteiger partial charge in [0.25, 0.3) is 11.4 Å². The molecule has 10 heteroatoms. The van der Waals surface area contributed by atoms with Gasteiger partial charge in [-0.25, -0.2) is 0 Å². The average molecular weight is 333 g/mol. The molecule has 21 heavy (non-hydrogen) atoms. The third-order valence-corrected chi connectivity index (χ3v) is 3.65. The maximum Gasteiger partial charge on any atom is 0.276 e. The average Bonchev–Trinajstić information content (AvgIpc) is 2.45. The van der Waals surface area contributed by atoms with Crippen molar-refractivity contribution in [2.24, 2.45) is 4.99 Å². The number of aliphatic imine (C=N–C) groups is 1. The molecule has 1 aromatic carbocycles. The van der Waals surface area contributed by atoms with Crippen molar-refractivity contribution in [3.05, 3.63) is 44.0 Å². The summed E-state index contributed by atoms with van der Waals surface area (Å²) in [5.41, 5.74) is -0.00680. The Kier molecular flexibility index (Phi) is 6.38. The van der Waals surface area contributed by atoms with Crippen LogP contribution in [0.2, 0.25) is 0 Å². The maximum atomic E-state index is 10.8. The Balaban J connectivity index is 0.00000220. The lowest BCUT2D eigenvalue weighted by molar-refractivity contribution is -0.394. The molecule has 0 bridgehead atoms. The molecule has 1 aliphatic rings. The van der Waals surface area contributed by atoms with Crippen LogP contribution < -0.4 is 5.32 Å². The smallest absolute Gasteiger partial charge is 0.276 e. The predicted octanol–water partition coefficient (Wildman–Crippen LogP) is 2.51. The highest BCUT2D eigenvalue weighted by Crippen LogP contribution is 2.25. The molecule has 8 nitrogen and oxygen atoms in total. The Bertz CT molecular complexity index is 549. The van der Waals surface area contributed by atoms with Gasteiger partial charge in [-0.1, -0.05) is 11.8 Å². The molecule has 0 aromatic heterocycles. The molecule has 2 rings (SSSR count). The molecule has 0 saturated carbocycles. The fraction of sp³-hybridized carbons (Fsp3) is 0.364. The molecule has 1 aliphatic heterocycles. The number of rotatable bonds is 4. The van der Waals surface area contributed by atoms with Crippen molar-refractivity contribution in [3.8, 4) is 0 Å². The first-order valence-electron chi connectivity index (χ1n) is 5.90. The zero-order valence-corrected chi connectivity index (χ0v) is 12.5. The molecule has 0 saturated heterocycles. The molecule has 0 aliphatic carbocycles. The first-order chi connectivity index (χ1) is 9.56. The molecule has 0 radical (unpaired) electrons. The lowest BCUT2D eigenvalue weighted by atomic mass is 10.2. The Morgan fingerprint density at radius 3 is 2.29 bits per heavy atom. The number of non-ortho nitro benzene ring substituents is 2. The van der Waals surface area contributed by atoms with E-state index in [0.29, 0.717) is 11.3 Å². The summed E-state index contributed by atoms with van der Waals surface area (Å²) in [5, 5.41) is 25.4. The molecule has 114 valence electrons. The molecule has 1 heterocycles. The highest BCUT2D eigenvalue weighted by Gasteiger charge is 2.17. The van der Waals surface area contributed by atoms with E-state index in [2.05, 4.69) is 10.3 Å². The van der Waals surface area contributed by atoms with Crippen LogP contribution in [0.5, 0.6) is 0 Å². The molecule has 1 aromatic rings. The number of halogens is 1. The molecule has 1 N–H and O–H groups in total. The topological polar surface area (TPSA) is 111 Å². The lowest BCUT2D eigenvalue weighted by Crippen LogP contribution is -2.26. The summed E-state index contributed by atoms with van der Waals surface area (Å²) >= 11 is 1.38. The summed E-state index contributed by atoms with van der Waals surface area (Å²) in [5.74, 6) is 0.397. The van der Waals surface area contributed by atoms with Gasteiger partial charge in [-0.05, 0) is 12.0 Å². The monoisotopic (exact) mass is 332 g/mol. The molecule has 0 amide bonds. The van der Waals surface area contributed by atoms with Crippen LogP contribution in [0.1, 0.15) is 12.0 Å². The van der Waals surface area contributed by atoms with Gasteiger partial charge in [0, 0.05) is 31.0 Å². The van der Waals surface area contributed by atoms with Crippen LogP contribution in [0.15, 0.2) is 23.2 Å². The van der Waals surface area contributed by atoms with Crippen molar-refractivity contribution >= 4 is 40.7 Å². The number of benzene rings is 1. The van der Waals surface area contributed by atoms with Crippen LogP contribution in [-0.2, 0) is 5.75 Å². The van der Waals surface area contributed by atoms with E-state index in [9.17, 15) is 20.2 Å². The summed E-state index contributed by atoms with van der Waals surface area (Å²) in [4.78, 5) is 24.6. The zero-order valence-electron chi connectivity index (χ0n) is 10.9. The minimum absolute atomic E-state index is 0. The van der Waals surface area contributed by atoms with Gasteiger partial charge >= 0.3 is 0 Å². The van der Waals surface area contributed by atoms with E-state index in [4.69, 9.17) is 0 Å². The van der Waals surface area contributed by atoms with Crippen LogP contribution in [0.3, 0.4) is 0 Å². The highest BCUT2D eigenvalue weighted by atomic mass is 35.5. The Labute approximate surface area is 130 Å². The Hall–Kier alpha value is -1.87. The summed E-state index contributed by atoms with van der Waals surface area (Å²) in [6.07, 6.45) is 0.979. The van der Waals surface area contributed by atoms with E-state index in [1.807, 2.05) is 0 Å². The number of nitrogens with zero attached hydrogens (tertiary/aromatic N) is 3. The second-order valence-corrected chi connectivity index (χ2v) is 5.09. The van der Waals surface area contributed by atoms with Gasteiger partial charge < -0.3 is 5.32 Å². The van der Waals surface area contributed by atoms with Gasteiger partial charge in [-0.3, -0.25) is 25.2 Å². The van der Waals surface area contributed by atoms with E-state index in [-0.39, 0.29) is 23.8 Å². The van der Waals surface area contributed by atoms with Crippen molar-refractivity contribution in [2.45, 2.75) is 12.2 Å². The first-order valence-corrected chi connectivity index (χ1v) is 6.88. The van der Waals surface area contributed by atoms with E-state index in [1.165, 1.54) is 23.9 Å². The summed E-state index contributed by atoms with van der Waals surface area (Å²) in [6.45, 7) is 1.60. The van der Waals surface area contributed by atoms with Gasteiger partial charge in [-0.15, -0.1) is 12.4 Å². The zero-order chi connectivity index (χ0) is 14.5. The number of hydrogen-bond acceptors (Lipinski definition) is 7. The Morgan fingerprint density at radius 2 is 1.81 bits per heavy atom. The standard InChI is InChI=1S/C11H12N4O4S.ClH/c16-14(17)9-4-8(5-10(6-9)15(18)19)7-20-11-12-2-1-3-13-11;/h4-6H,1-3,7H2,(H,12,13);1H. The van der Waals surface area contributed by atoms with Crippen LogP contribution >= 0.6 is 24.2 Å². The summed E-state index contributed by atoms with van der Waals surface area (Å²) < 4.78 is 0. The first kappa shape index (κ1) is 17.2. The van der Waals surface area contributed by atoms with Gasteiger partial charge in [0.15, 0.2) is 5.17 Å². The van der Waals surface area contributed by atoms with Crippen molar-refractivity contribution in [1.29, 1.82) is 0 Å². The number of thioether (sulfide) groups is 1. The van der Waals surface area contributed by atoms with E-state index in [1.54, 1.807) is 0 Å². The molecular weight excluding hydrogens is 320 g/mol. The van der Waals surface area contributed by atoms with Crippen molar-refractivity contribution in [2.75, 3.05) is 13.1 Å². The lowest BCUT2D eigenvalue weighted by Gasteiger charge is -2.13. The second kappa shape index (κ2) is 7.79. The quantitative estimate of drug-likeness (QED) is 0.670. The third-order valence-electron chi connectivity index (χ3n) is 2.63. The second-order valence-electron chi connectivity index (χ2n) is 4.13. The fourth-order valence-corrected chi connectivity index (χ4v) is 2.57. The van der Waals surface area contributed by atoms with Crippen LogP contribution in [0, 0.1) is 20.2 Å². The van der Waals surface area contributed by atoms with Crippen LogP contribution in [0.25, 0.3) is 0 Å². The van der Waals surface area contributed by atoms with Crippen LogP contribution in [0.4, 0.5) is 11.4 Å². The normalized spacial score (nSPS) is 13.6. The molecule has 0 unspecified atom stereocenters.